The molecule has 8 heteroatoms. The summed E-state index contributed by atoms with van der Waals surface area (Å²) in [5.41, 5.74) is 3.19. The molecule has 0 unspecified atom stereocenters. The molecule has 7 nitrogen and oxygen atoms in total. The van der Waals surface area contributed by atoms with Crippen LogP contribution in [-0.4, -0.2) is 23.1 Å². The van der Waals surface area contributed by atoms with Gasteiger partial charge in [0.25, 0.3) is 11.6 Å². The van der Waals surface area contributed by atoms with Crippen molar-refractivity contribution in [3.8, 4) is 5.75 Å². The Morgan fingerprint density at radius 3 is 2.76 bits per heavy atom. The van der Waals surface area contributed by atoms with E-state index in [1.165, 1.54) is 18.3 Å². The largest absolute Gasteiger partial charge is 0.490 e. The number of benzene rings is 2. The minimum Gasteiger partial charge on any atom is -0.490 e. The zero-order chi connectivity index (χ0) is 18.4. The van der Waals surface area contributed by atoms with Crippen LogP contribution in [-0.2, 0) is 0 Å². The minimum atomic E-state index is -0.493. The summed E-state index contributed by atoms with van der Waals surface area (Å²) < 4.78 is 6.35. The number of hydrazone groups is 1. The van der Waals surface area contributed by atoms with Gasteiger partial charge in [0, 0.05) is 22.2 Å². The molecule has 130 valence electrons. The zero-order valence-corrected chi connectivity index (χ0v) is 15.2. The highest BCUT2D eigenvalue weighted by atomic mass is 79.9. The molecule has 0 aliphatic rings. The molecule has 0 atom stereocenters. The lowest BCUT2D eigenvalue weighted by Gasteiger charge is -2.13. The van der Waals surface area contributed by atoms with Gasteiger partial charge in [-0.25, -0.2) is 5.43 Å². The number of non-ortho nitro benzene ring substituents is 1. The molecule has 0 fully saturated rings. The molecule has 0 bridgehead atoms. The molecule has 25 heavy (non-hydrogen) atoms. The summed E-state index contributed by atoms with van der Waals surface area (Å²) >= 11 is 3.32. The summed E-state index contributed by atoms with van der Waals surface area (Å²) in [6.45, 7) is 3.73. The Labute approximate surface area is 153 Å². The van der Waals surface area contributed by atoms with Crippen molar-refractivity contribution in [2.75, 3.05) is 0 Å². The first-order valence-electron chi connectivity index (χ1n) is 7.41. The lowest BCUT2D eigenvalue weighted by molar-refractivity contribution is -0.384. The Hall–Kier alpha value is -2.74. The van der Waals surface area contributed by atoms with E-state index in [1.54, 1.807) is 30.3 Å². The fourth-order valence-electron chi connectivity index (χ4n) is 1.98. The monoisotopic (exact) mass is 405 g/mol. The van der Waals surface area contributed by atoms with E-state index in [-0.39, 0.29) is 11.8 Å². The molecule has 0 aliphatic heterocycles. The zero-order valence-electron chi connectivity index (χ0n) is 13.6. The first-order valence-corrected chi connectivity index (χ1v) is 8.20. The Balaban J connectivity index is 2.13. The number of nitro groups is 1. The summed E-state index contributed by atoms with van der Waals surface area (Å²) in [6.07, 6.45) is 1.26. The number of rotatable bonds is 6. The van der Waals surface area contributed by atoms with Gasteiger partial charge in [-0.2, -0.15) is 5.10 Å². The Kier molecular flexibility index (Phi) is 6.24. The van der Waals surface area contributed by atoms with E-state index in [0.29, 0.717) is 16.9 Å². The van der Waals surface area contributed by atoms with Crippen LogP contribution in [0.5, 0.6) is 5.75 Å². The van der Waals surface area contributed by atoms with E-state index < -0.39 is 10.8 Å². The average Bonchev–Trinajstić information content (AvgIpc) is 2.56. The Morgan fingerprint density at radius 2 is 2.08 bits per heavy atom. The fraction of sp³-hybridized carbons (Fsp3) is 0.176. The number of carbonyl (C=O) groups is 1. The van der Waals surface area contributed by atoms with Crippen LogP contribution in [0.25, 0.3) is 0 Å². The van der Waals surface area contributed by atoms with Crippen molar-refractivity contribution >= 4 is 33.7 Å². The van der Waals surface area contributed by atoms with Gasteiger partial charge in [-0.05, 0) is 32.0 Å². The standard InChI is InChI=1S/C17H16BrN3O4/c1-11(2)25-16-7-6-13(18)9-15(16)17(22)20-19-10-12-4-3-5-14(8-12)21(23)24/h3-11H,1-2H3,(H,20,22)/b19-10+. The summed E-state index contributed by atoms with van der Waals surface area (Å²) in [6, 6.07) is 11.0. The van der Waals surface area contributed by atoms with Gasteiger partial charge in [-0.1, -0.05) is 28.1 Å². The van der Waals surface area contributed by atoms with Crippen molar-refractivity contribution in [2.45, 2.75) is 20.0 Å². The van der Waals surface area contributed by atoms with Gasteiger partial charge in [0.1, 0.15) is 5.75 Å². The second kappa shape index (κ2) is 8.39. The lowest BCUT2D eigenvalue weighted by atomic mass is 10.2. The van der Waals surface area contributed by atoms with Gasteiger partial charge in [0.2, 0.25) is 0 Å². The van der Waals surface area contributed by atoms with Crippen molar-refractivity contribution in [3.63, 3.8) is 0 Å². The summed E-state index contributed by atoms with van der Waals surface area (Å²) in [4.78, 5) is 22.6. The van der Waals surface area contributed by atoms with Crippen LogP contribution in [0.1, 0.15) is 29.8 Å². The highest BCUT2D eigenvalue weighted by Crippen LogP contribution is 2.24. The number of nitrogens with one attached hydrogen (secondary N) is 1. The van der Waals surface area contributed by atoms with E-state index in [0.717, 1.165) is 4.47 Å². The molecule has 1 N–H and O–H groups in total. The molecule has 0 saturated carbocycles. The predicted octanol–water partition coefficient (Wildman–Crippen LogP) is 3.91. The SMILES string of the molecule is CC(C)Oc1ccc(Br)cc1C(=O)N/N=C/c1cccc([N+](=O)[O-])c1. The second-order valence-corrected chi connectivity index (χ2v) is 6.27. The first kappa shape index (κ1) is 18.6. The number of halogens is 1. The van der Waals surface area contributed by atoms with Gasteiger partial charge in [-0.15, -0.1) is 0 Å². The molecule has 0 aromatic heterocycles. The normalized spacial score (nSPS) is 10.9. The van der Waals surface area contributed by atoms with Crippen molar-refractivity contribution in [1.29, 1.82) is 0 Å². The van der Waals surface area contributed by atoms with Crippen LogP contribution >= 0.6 is 15.9 Å². The van der Waals surface area contributed by atoms with Gasteiger partial charge in [0.15, 0.2) is 0 Å². The van der Waals surface area contributed by atoms with Crippen molar-refractivity contribution < 1.29 is 14.5 Å². The third-order valence-electron chi connectivity index (χ3n) is 3.01. The van der Waals surface area contributed by atoms with Crippen LogP contribution in [0, 0.1) is 10.1 Å². The topological polar surface area (TPSA) is 93.8 Å². The molecule has 0 aliphatic carbocycles. The number of nitrogens with zero attached hydrogens (tertiary/aromatic N) is 2. The molecule has 0 saturated heterocycles. The van der Waals surface area contributed by atoms with E-state index in [4.69, 9.17) is 4.74 Å². The van der Waals surface area contributed by atoms with Crippen LogP contribution < -0.4 is 10.2 Å². The summed E-state index contributed by atoms with van der Waals surface area (Å²) in [5.74, 6) is -0.000111. The molecule has 1 amide bonds. The third-order valence-corrected chi connectivity index (χ3v) is 3.50. The van der Waals surface area contributed by atoms with E-state index in [9.17, 15) is 14.9 Å². The number of ether oxygens (including phenoxy) is 1. The molecular weight excluding hydrogens is 390 g/mol. The van der Waals surface area contributed by atoms with Gasteiger partial charge in [0.05, 0.1) is 22.8 Å². The molecule has 2 aromatic carbocycles. The molecule has 2 rings (SSSR count). The Bertz CT molecular complexity index is 821. The first-order chi connectivity index (χ1) is 11.9. The quantitative estimate of drug-likeness (QED) is 0.447. The summed E-state index contributed by atoms with van der Waals surface area (Å²) in [5, 5.41) is 14.6. The number of amides is 1. The van der Waals surface area contributed by atoms with Gasteiger partial charge >= 0.3 is 0 Å². The number of hydrogen-bond donors (Lipinski definition) is 1. The highest BCUT2D eigenvalue weighted by Gasteiger charge is 2.14. The van der Waals surface area contributed by atoms with Crippen LogP contribution in [0.4, 0.5) is 5.69 Å². The van der Waals surface area contributed by atoms with Crippen molar-refractivity contribution in [1.82, 2.24) is 5.43 Å². The maximum absolute atomic E-state index is 12.3. The second-order valence-electron chi connectivity index (χ2n) is 5.36. The molecular formula is C17H16BrN3O4. The third kappa shape index (κ3) is 5.39. The predicted molar refractivity (Wildman–Crippen MR) is 98.1 cm³/mol. The number of nitro benzene ring substituents is 1. The lowest BCUT2D eigenvalue weighted by Crippen LogP contribution is -2.20. The van der Waals surface area contributed by atoms with Crippen LogP contribution in [0.15, 0.2) is 52.0 Å². The van der Waals surface area contributed by atoms with Crippen LogP contribution in [0.3, 0.4) is 0 Å². The minimum absolute atomic E-state index is 0.0464. The number of hydrogen-bond acceptors (Lipinski definition) is 5. The molecule has 2 aromatic rings. The van der Waals surface area contributed by atoms with Gasteiger partial charge in [-0.3, -0.25) is 14.9 Å². The van der Waals surface area contributed by atoms with Crippen molar-refractivity contribution in [2.24, 2.45) is 5.10 Å². The van der Waals surface area contributed by atoms with Crippen molar-refractivity contribution in [3.05, 3.63) is 68.2 Å². The smallest absolute Gasteiger partial charge is 0.275 e. The fourth-order valence-corrected chi connectivity index (χ4v) is 2.34. The van der Waals surface area contributed by atoms with Gasteiger partial charge < -0.3 is 4.74 Å². The maximum atomic E-state index is 12.3. The summed E-state index contributed by atoms with van der Waals surface area (Å²) in [7, 11) is 0. The number of carbonyl (C=O) groups excluding carboxylic acids is 1. The van der Waals surface area contributed by atoms with Crippen LogP contribution in [0.2, 0.25) is 0 Å². The average molecular weight is 406 g/mol. The van der Waals surface area contributed by atoms with E-state index in [1.807, 2.05) is 13.8 Å². The highest BCUT2D eigenvalue weighted by molar-refractivity contribution is 9.10. The van der Waals surface area contributed by atoms with E-state index in [2.05, 4.69) is 26.5 Å². The molecule has 0 heterocycles. The Morgan fingerprint density at radius 1 is 1.32 bits per heavy atom. The molecule has 0 radical (unpaired) electrons. The molecule has 0 spiro atoms. The maximum Gasteiger partial charge on any atom is 0.275 e. The van der Waals surface area contributed by atoms with E-state index >= 15 is 0 Å².